The molecule has 0 aliphatic carbocycles. The molecule has 5 rings (SSSR count). The van der Waals surface area contributed by atoms with Crippen LogP contribution in [-0.4, -0.2) is 69.8 Å². The minimum Gasteiger partial charge on any atom is -0.357 e. The highest BCUT2D eigenvalue weighted by atomic mass is 16.1. The first-order valence-electron chi connectivity index (χ1n) is 12.2. The number of aromatic nitrogens is 4. The summed E-state index contributed by atoms with van der Waals surface area (Å²) in [4.78, 5) is 26.8. The number of carbonyl (C=O) groups excluding carboxylic acids is 1. The Balaban J connectivity index is 1.29. The molecular formula is C25H33N7O. The number of carbonyl (C=O) groups is 1. The number of nitrogens with zero attached hydrogens (tertiary/aromatic N) is 6. The monoisotopic (exact) mass is 447 g/mol. The van der Waals surface area contributed by atoms with E-state index in [4.69, 9.17) is 10.1 Å². The zero-order valence-corrected chi connectivity index (χ0v) is 19.5. The normalized spacial score (nSPS) is 17.4. The summed E-state index contributed by atoms with van der Waals surface area (Å²) in [5.41, 5.74) is 2.97. The largest absolute Gasteiger partial charge is 0.357 e. The summed E-state index contributed by atoms with van der Waals surface area (Å²) < 4.78 is 1.83. The van der Waals surface area contributed by atoms with E-state index in [9.17, 15) is 4.79 Å². The molecule has 5 heterocycles. The molecule has 8 heteroatoms. The fraction of sp³-hybridized carbons (Fsp3) is 0.520. The van der Waals surface area contributed by atoms with Gasteiger partial charge < -0.3 is 15.1 Å². The van der Waals surface area contributed by atoms with E-state index in [0.29, 0.717) is 12.1 Å². The van der Waals surface area contributed by atoms with Gasteiger partial charge in [-0.2, -0.15) is 5.10 Å². The van der Waals surface area contributed by atoms with Crippen molar-refractivity contribution in [1.82, 2.24) is 30.0 Å². The molecule has 3 aromatic heterocycles. The zero-order chi connectivity index (χ0) is 22.6. The molecule has 3 aromatic rings. The van der Waals surface area contributed by atoms with Crippen molar-refractivity contribution in [3.05, 3.63) is 36.0 Å². The van der Waals surface area contributed by atoms with Crippen LogP contribution in [0.3, 0.4) is 0 Å². The molecular weight excluding hydrogens is 414 g/mol. The van der Waals surface area contributed by atoms with Crippen LogP contribution in [0, 0.1) is 0 Å². The number of nitrogens with one attached hydrogen (secondary N) is 1. The summed E-state index contributed by atoms with van der Waals surface area (Å²) in [7, 11) is 1.92. The molecule has 0 aromatic carbocycles. The summed E-state index contributed by atoms with van der Waals surface area (Å²) >= 11 is 0. The third-order valence-corrected chi connectivity index (χ3v) is 6.78. The summed E-state index contributed by atoms with van der Waals surface area (Å²) in [5, 5.41) is 8.68. The summed E-state index contributed by atoms with van der Waals surface area (Å²) in [6.07, 6.45) is 9.20. The lowest BCUT2D eigenvalue weighted by Crippen LogP contribution is -2.33. The van der Waals surface area contributed by atoms with Gasteiger partial charge in [0.2, 0.25) is 0 Å². The van der Waals surface area contributed by atoms with Gasteiger partial charge in [-0.3, -0.25) is 9.78 Å². The van der Waals surface area contributed by atoms with E-state index < -0.39 is 0 Å². The molecule has 2 aliphatic heterocycles. The molecule has 2 aliphatic rings. The van der Waals surface area contributed by atoms with Crippen molar-refractivity contribution in [3.8, 4) is 11.4 Å². The molecule has 1 N–H and O–H groups in total. The second-order valence-corrected chi connectivity index (χ2v) is 9.15. The Labute approximate surface area is 195 Å². The molecule has 0 unspecified atom stereocenters. The first-order chi connectivity index (χ1) is 16.2. The van der Waals surface area contributed by atoms with Crippen LogP contribution in [0.4, 0.5) is 5.82 Å². The van der Waals surface area contributed by atoms with Crippen molar-refractivity contribution >= 4 is 22.8 Å². The van der Waals surface area contributed by atoms with Crippen LogP contribution < -0.4 is 10.2 Å². The standard InChI is InChI=1S/C25H33N7O/c1-30-24-20(9-11-22(28-24)32-15-4-2-3-5-16-32)23(29-30)21-10-8-19(18-27-21)25(33)26-12-17-31-13-6-7-14-31/h8-11,18H,2-7,12-17H2,1H3,(H,26,33). The van der Waals surface area contributed by atoms with Gasteiger partial charge in [0.25, 0.3) is 5.91 Å². The van der Waals surface area contributed by atoms with Gasteiger partial charge in [0.15, 0.2) is 5.65 Å². The van der Waals surface area contributed by atoms with Gasteiger partial charge in [0.05, 0.1) is 11.3 Å². The number of rotatable bonds is 6. The van der Waals surface area contributed by atoms with Crippen LogP contribution in [0.5, 0.6) is 0 Å². The molecule has 1 amide bonds. The van der Waals surface area contributed by atoms with Crippen molar-refractivity contribution < 1.29 is 4.79 Å². The predicted octanol–water partition coefficient (Wildman–Crippen LogP) is 3.24. The van der Waals surface area contributed by atoms with E-state index in [2.05, 4.69) is 32.2 Å². The number of hydrogen-bond acceptors (Lipinski definition) is 6. The molecule has 0 spiro atoms. The lowest BCUT2D eigenvalue weighted by atomic mass is 10.1. The first-order valence-corrected chi connectivity index (χ1v) is 12.2. The molecule has 174 valence electrons. The molecule has 0 saturated carbocycles. The number of fused-ring (bicyclic) bond motifs is 1. The van der Waals surface area contributed by atoms with Crippen molar-refractivity contribution in [2.45, 2.75) is 38.5 Å². The van der Waals surface area contributed by atoms with Gasteiger partial charge >= 0.3 is 0 Å². The number of likely N-dealkylation sites (tertiary alicyclic amines) is 1. The van der Waals surface area contributed by atoms with E-state index >= 15 is 0 Å². The Kier molecular flexibility index (Phi) is 6.53. The number of amides is 1. The van der Waals surface area contributed by atoms with Gasteiger partial charge in [-0.15, -0.1) is 0 Å². The lowest BCUT2D eigenvalue weighted by molar-refractivity contribution is 0.0949. The number of hydrogen-bond donors (Lipinski definition) is 1. The Morgan fingerprint density at radius 1 is 0.970 bits per heavy atom. The average Bonchev–Trinajstić information content (AvgIpc) is 3.38. The molecule has 8 nitrogen and oxygen atoms in total. The van der Waals surface area contributed by atoms with Gasteiger partial charge in [-0.05, 0) is 63.0 Å². The van der Waals surface area contributed by atoms with E-state index in [0.717, 1.165) is 61.0 Å². The number of pyridine rings is 2. The molecule has 2 fully saturated rings. The minimum atomic E-state index is -0.0807. The SMILES string of the molecule is Cn1nc(-c2ccc(C(=O)NCCN3CCCC3)cn2)c2ccc(N3CCCCCC3)nc21. The summed E-state index contributed by atoms with van der Waals surface area (Å²) in [5.74, 6) is 0.941. The van der Waals surface area contributed by atoms with Crippen molar-refractivity contribution in [3.63, 3.8) is 0 Å². The first kappa shape index (κ1) is 21.8. The third-order valence-electron chi connectivity index (χ3n) is 6.78. The van der Waals surface area contributed by atoms with Gasteiger partial charge in [-0.25, -0.2) is 9.67 Å². The van der Waals surface area contributed by atoms with Gasteiger partial charge in [0.1, 0.15) is 11.5 Å². The smallest absolute Gasteiger partial charge is 0.252 e. The van der Waals surface area contributed by atoms with Crippen molar-refractivity contribution in [2.24, 2.45) is 7.05 Å². The lowest BCUT2D eigenvalue weighted by Gasteiger charge is -2.21. The van der Waals surface area contributed by atoms with Crippen LogP contribution in [0.25, 0.3) is 22.4 Å². The fourth-order valence-electron chi connectivity index (χ4n) is 4.89. The number of anilines is 1. The van der Waals surface area contributed by atoms with E-state index in [1.165, 1.54) is 38.5 Å². The van der Waals surface area contributed by atoms with Gasteiger partial charge in [0, 0.05) is 44.8 Å². The fourth-order valence-corrected chi connectivity index (χ4v) is 4.89. The maximum atomic E-state index is 12.5. The second kappa shape index (κ2) is 9.87. The van der Waals surface area contributed by atoms with Gasteiger partial charge in [-0.1, -0.05) is 12.8 Å². The Morgan fingerprint density at radius 3 is 2.45 bits per heavy atom. The van der Waals surface area contributed by atoms with Crippen LogP contribution in [0.1, 0.15) is 48.9 Å². The molecule has 0 atom stereocenters. The predicted molar refractivity (Wildman–Crippen MR) is 130 cm³/mol. The zero-order valence-electron chi connectivity index (χ0n) is 19.5. The Morgan fingerprint density at radius 2 is 1.73 bits per heavy atom. The van der Waals surface area contributed by atoms with E-state index in [-0.39, 0.29) is 5.91 Å². The maximum absolute atomic E-state index is 12.5. The number of aryl methyl sites for hydroxylation is 1. The molecule has 0 radical (unpaired) electrons. The van der Waals surface area contributed by atoms with Crippen LogP contribution >= 0.6 is 0 Å². The van der Waals surface area contributed by atoms with Crippen molar-refractivity contribution in [2.75, 3.05) is 44.2 Å². The highest BCUT2D eigenvalue weighted by Crippen LogP contribution is 2.28. The van der Waals surface area contributed by atoms with Crippen molar-refractivity contribution in [1.29, 1.82) is 0 Å². The maximum Gasteiger partial charge on any atom is 0.252 e. The third kappa shape index (κ3) is 4.85. The molecule has 2 saturated heterocycles. The quantitative estimate of drug-likeness (QED) is 0.625. The van der Waals surface area contributed by atoms with E-state index in [1.807, 2.05) is 23.9 Å². The molecule has 33 heavy (non-hydrogen) atoms. The van der Waals surface area contributed by atoms with Crippen LogP contribution in [-0.2, 0) is 7.05 Å². The summed E-state index contributed by atoms with van der Waals surface area (Å²) in [6.45, 7) is 5.97. The van der Waals surface area contributed by atoms with E-state index in [1.54, 1.807) is 6.20 Å². The van der Waals surface area contributed by atoms with Crippen LogP contribution in [0.2, 0.25) is 0 Å². The average molecular weight is 448 g/mol. The Bertz CT molecular complexity index is 1090. The molecule has 0 bridgehead atoms. The summed E-state index contributed by atoms with van der Waals surface area (Å²) in [6, 6.07) is 7.90. The Hall–Kier alpha value is -3.00. The minimum absolute atomic E-state index is 0.0807. The topological polar surface area (TPSA) is 79.2 Å². The highest BCUT2D eigenvalue weighted by molar-refractivity contribution is 5.95. The highest BCUT2D eigenvalue weighted by Gasteiger charge is 2.18. The second-order valence-electron chi connectivity index (χ2n) is 9.15. The van der Waals surface area contributed by atoms with Crippen LogP contribution in [0.15, 0.2) is 30.5 Å².